The van der Waals surface area contributed by atoms with Crippen molar-refractivity contribution in [2.45, 2.75) is 32.7 Å². The lowest BCUT2D eigenvalue weighted by Crippen LogP contribution is -2.34. The standard InChI is InChI=1S/C20H23F3N2O4/c1-19(2,3)29-18(26)25-9-10-27-17-12-14(13-5-4-6-15(24)11-13)7-8-16(17)28-20(21,22)23/h4-8,11-12H,9-10,24H2,1-3H3,(H,25,26). The van der Waals surface area contributed by atoms with Gasteiger partial charge in [0.1, 0.15) is 12.2 Å². The van der Waals surface area contributed by atoms with E-state index in [2.05, 4.69) is 10.1 Å². The third-order valence-electron chi connectivity index (χ3n) is 3.42. The molecule has 0 aliphatic heterocycles. The molecule has 0 saturated carbocycles. The number of hydrogen-bond acceptors (Lipinski definition) is 5. The Hall–Kier alpha value is -3.10. The van der Waals surface area contributed by atoms with E-state index in [1.54, 1.807) is 45.0 Å². The van der Waals surface area contributed by atoms with Crippen LogP contribution in [0, 0.1) is 0 Å². The van der Waals surface area contributed by atoms with Crippen LogP contribution in [-0.2, 0) is 4.74 Å². The number of carbonyl (C=O) groups is 1. The van der Waals surface area contributed by atoms with Gasteiger partial charge in [0.15, 0.2) is 11.5 Å². The minimum Gasteiger partial charge on any atom is -0.488 e. The Morgan fingerprint density at radius 2 is 1.72 bits per heavy atom. The van der Waals surface area contributed by atoms with Crippen molar-refractivity contribution in [1.29, 1.82) is 0 Å². The third kappa shape index (κ3) is 7.81. The number of alkyl halides is 3. The quantitative estimate of drug-likeness (QED) is 0.529. The summed E-state index contributed by atoms with van der Waals surface area (Å²) in [4.78, 5) is 11.6. The number of anilines is 1. The Kier molecular flexibility index (Phi) is 6.84. The molecule has 0 unspecified atom stereocenters. The van der Waals surface area contributed by atoms with Crippen LogP contribution in [0.25, 0.3) is 11.1 Å². The first kappa shape index (κ1) is 22.2. The molecule has 2 aromatic carbocycles. The van der Waals surface area contributed by atoms with Gasteiger partial charge < -0.3 is 25.3 Å². The minimum atomic E-state index is -4.87. The molecule has 0 radical (unpaired) electrons. The first-order valence-electron chi connectivity index (χ1n) is 8.78. The Bertz CT molecular complexity index is 848. The topological polar surface area (TPSA) is 82.8 Å². The fraction of sp³-hybridized carbons (Fsp3) is 0.350. The third-order valence-corrected chi connectivity index (χ3v) is 3.42. The molecule has 1 amide bonds. The number of nitrogen functional groups attached to an aromatic ring is 1. The maximum atomic E-state index is 12.7. The predicted octanol–water partition coefficient (Wildman–Crippen LogP) is 4.74. The Morgan fingerprint density at radius 3 is 2.34 bits per heavy atom. The van der Waals surface area contributed by atoms with E-state index in [4.69, 9.17) is 15.2 Å². The van der Waals surface area contributed by atoms with E-state index in [1.807, 2.05) is 0 Å². The van der Waals surface area contributed by atoms with Gasteiger partial charge in [0.25, 0.3) is 0 Å². The smallest absolute Gasteiger partial charge is 0.488 e. The molecule has 9 heteroatoms. The van der Waals surface area contributed by atoms with Crippen LogP contribution in [0.15, 0.2) is 42.5 Å². The zero-order chi connectivity index (χ0) is 21.7. The van der Waals surface area contributed by atoms with Crippen LogP contribution in [-0.4, -0.2) is 31.2 Å². The number of amides is 1. The van der Waals surface area contributed by atoms with Crippen LogP contribution in [0.5, 0.6) is 11.5 Å². The molecule has 0 aliphatic rings. The highest BCUT2D eigenvalue weighted by Gasteiger charge is 2.32. The second-order valence-electron chi connectivity index (χ2n) is 7.11. The van der Waals surface area contributed by atoms with Crippen molar-refractivity contribution in [2.24, 2.45) is 0 Å². The predicted molar refractivity (Wildman–Crippen MR) is 103 cm³/mol. The zero-order valence-electron chi connectivity index (χ0n) is 16.3. The largest absolute Gasteiger partial charge is 0.573 e. The average molecular weight is 412 g/mol. The van der Waals surface area contributed by atoms with Gasteiger partial charge in [-0.25, -0.2) is 4.79 Å². The van der Waals surface area contributed by atoms with Crippen molar-refractivity contribution in [3.8, 4) is 22.6 Å². The number of hydrogen-bond donors (Lipinski definition) is 2. The van der Waals surface area contributed by atoms with Crippen molar-refractivity contribution in [3.05, 3.63) is 42.5 Å². The van der Waals surface area contributed by atoms with Gasteiger partial charge in [-0.3, -0.25) is 0 Å². The highest BCUT2D eigenvalue weighted by atomic mass is 19.4. The van der Waals surface area contributed by atoms with Gasteiger partial charge in [0.05, 0.1) is 6.54 Å². The van der Waals surface area contributed by atoms with E-state index in [1.165, 1.54) is 18.2 Å². The molecular weight excluding hydrogens is 389 g/mol. The lowest BCUT2D eigenvalue weighted by atomic mass is 10.0. The molecule has 0 bridgehead atoms. The Labute approximate surface area is 166 Å². The van der Waals surface area contributed by atoms with Gasteiger partial charge in [-0.2, -0.15) is 0 Å². The number of nitrogens with one attached hydrogen (secondary N) is 1. The summed E-state index contributed by atoms with van der Waals surface area (Å²) < 4.78 is 52.6. The van der Waals surface area contributed by atoms with Crippen LogP contribution in [0.2, 0.25) is 0 Å². The van der Waals surface area contributed by atoms with E-state index in [0.717, 1.165) is 0 Å². The molecule has 0 atom stereocenters. The van der Waals surface area contributed by atoms with E-state index >= 15 is 0 Å². The molecular formula is C20H23F3N2O4. The first-order chi connectivity index (χ1) is 13.4. The van der Waals surface area contributed by atoms with Gasteiger partial charge in [-0.15, -0.1) is 13.2 Å². The molecule has 0 saturated heterocycles. The molecule has 0 heterocycles. The van der Waals surface area contributed by atoms with Gasteiger partial charge in [-0.1, -0.05) is 18.2 Å². The Morgan fingerprint density at radius 1 is 1.03 bits per heavy atom. The normalized spacial score (nSPS) is 11.7. The SMILES string of the molecule is CC(C)(C)OC(=O)NCCOc1cc(-c2cccc(N)c2)ccc1OC(F)(F)F. The van der Waals surface area contributed by atoms with Crippen LogP contribution in [0.3, 0.4) is 0 Å². The van der Waals surface area contributed by atoms with E-state index in [9.17, 15) is 18.0 Å². The molecule has 0 fully saturated rings. The molecule has 2 aromatic rings. The number of ether oxygens (including phenoxy) is 3. The number of nitrogens with two attached hydrogens (primary N) is 1. The highest BCUT2D eigenvalue weighted by Crippen LogP contribution is 2.36. The first-order valence-corrected chi connectivity index (χ1v) is 8.78. The summed E-state index contributed by atoms with van der Waals surface area (Å²) >= 11 is 0. The molecule has 158 valence electrons. The lowest BCUT2D eigenvalue weighted by Gasteiger charge is -2.20. The number of alkyl carbamates (subject to hydrolysis) is 1. The van der Waals surface area contributed by atoms with Crippen LogP contribution >= 0.6 is 0 Å². The fourth-order valence-electron chi connectivity index (χ4n) is 2.36. The summed E-state index contributed by atoms with van der Waals surface area (Å²) in [6.07, 6.45) is -5.52. The molecule has 3 N–H and O–H groups in total. The zero-order valence-corrected chi connectivity index (χ0v) is 16.3. The highest BCUT2D eigenvalue weighted by molar-refractivity contribution is 5.70. The maximum Gasteiger partial charge on any atom is 0.573 e. The van der Waals surface area contributed by atoms with E-state index in [-0.39, 0.29) is 18.9 Å². The lowest BCUT2D eigenvalue weighted by molar-refractivity contribution is -0.275. The summed E-state index contributed by atoms with van der Waals surface area (Å²) in [6, 6.07) is 10.9. The van der Waals surface area contributed by atoms with Gasteiger partial charge in [0, 0.05) is 5.69 Å². The summed E-state index contributed by atoms with van der Waals surface area (Å²) in [5, 5.41) is 2.47. The number of carbonyl (C=O) groups excluding carboxylic acids is 1. The minimum absolute atomic E-state index is 0.0306. The monoisotopic (exact) mass is 412 g/mol. The van der Waals surface area contributed by atoms with Crippen molar-refractivity contribution in [2.75, 3.05) is 18.9 Å². The van der Waals surface area contributed by atoms with Crippen molar-refractivity contribution < 1.29 is 32.2 Å². The molecule has 6 nitrogen and oxygen atoms in total. The summed E-state index contributed by atoms with van der Waals surface area (Å²) in [6.45, 7) is 5.08. The number of benzene rings is 2. The van der Waals surface area contributed by atoms with E-state index < -0.39 is 23.8 Å². The van der Waals surface area contributed by atoms with Gasteiger partial charge in [-0.05, 0) is 56.2 Å². The second kappa shape index (κ2) is 8.93. The van der Waals surface area contributed by atoms with Crippen molar-refractivity contribution in [1.82, 2.24) is 5.32 Å². The molecule has 2 rings (SSSR count). The average Bonchev–Trinajstić information content (AvgIpc) is 2.57. The number of rotatable bonds is 6. The van der Waals surface area contributed by atoms with Crippen LogP contribution < -0.4 is 20.5 Å². The van der Waals surface area contributed by atoms with Gasteiger partial charge >= 0.3 is 12.5 Å². The molecule has 0 spiro atoms. The molecule has 0 aromatic heterocycles. The molecule has 0 aliphatic carbocycles. The van der Waals surface area contributed by atoms with Crippen LogP contribution in [0.1, 0.15) is 20.8 Å². The van der Waals surface area contributed by atoms with Crippen molar-refractivity contribution in [3.63, 3.8) is 0 Å². The fourth-order valence-corrected chi connectivity index (χ4v) is 2.36. The van der Waals surface area contributed by atoms with Crippen LogP contribution in [0.4, 0.5) is 23.7 Å². The maximum absolute atomic E-state index is 12.7. The van der Waals surface area contributed by atoms with Crippen molar-refractivity contribution >= 4 is 11.8 Å². The van der Waals surface area contributed by atoms with Gasteiger partial charge in [0.2, 0.25) is 0 Å². The summed E-state index contributed by atoms with van der Waals surface area (Å²) in [7, 11) is 0. The second-order valence-corrected chi connectivity index (χ2v) is 7.11. The van der Waals surface area contributed by atoms with E-state index in [0.29, 0.717) is 16.8 Å². The number of halogens is 3. The summed E-state index contributed by atoms with van der Waals surface area (Å²) in [5.41, 5.74) is 6.92. The summed E-state index contributed by atoms with van der Waals surface area (Å²) in [5.74, 6) is -0.601. The Balaban J connectivity index is 2.12. The molecule has 29 heavy (non-hydrogen) atoms.